The fourth-order valence-corrected chi connectivity index (χ4v) is 3.23. The molecule has 0 aliphatic carbocycles. The molecule has 2 N–H and O–H groups in total. The lowest BCUT2D eigenvalue weighted by Gasteiger charge is -2.12. The molecule has 0 spiro atoms. The predicted octanol–water partition coefficient (Wildman–Crippen LogP) is 5.46. The van der Waals surface area contributed by atoms with Gasteiger partial charge < -0.3 is 10.6 Å². The van der Waals surface area contributed by atoms with Crippen molar-refractivity contribution in [1.29, 1.82) is 0 Å². The summed E-state index contributed by atoms with van der Waals surface area (Å²) in [5.74, 6) is -0.467. The van der Waals surface area contributed by atoms with Gasteiger partial charge in [0.2, 0.25) is 0 Å². The Morgan fingerprint density at radius 2 is 1.89 bits per heavy atom. The molecule has 0 aliphatic heterocycles. The highest BCUT2D eigenvalue weighted by atomic mass is 35.5. The summed E-state index contributed by atoms with van der Waals surface area (Å²) >= 11 is 11.2. The maximum absolute atomic E-state index is 13.3. The van der Waals surface area contributed by atoms with E-state index in [0.717, 1.165) is 17.1 Å². The summed E-state index contributed by atoms with van der Waals surface area (Å²) in [4.78, 5) is 0. The number of rotatable bonds is 4. The zero-order chi connectivity index (χ0) is 19.6. The highest BCUT2D eigenvalue weighted by Gasteiger charge is 2.14. The smallest absolute Gasteiger partial charge is 0.175 e. The van der Waals surface area contributed by atoms with Crippen LogP contribution in [0, 0.1) is 26.6 Å². The van der Waals surface area contributed by atoms with E-state index in [1.54, 1.807) is 6.07 Å². The predicted molar refractivity (Wildman–Crippen MR) is 113 cm³/mol. The summed E-state index contributed by atoms with van der Waals surface area (Å²) in [5, 5.41) is 11.3. The van der Waals surface area contributed by atoms with Crippen molar-refractivity contribution in [2.75, 3.05) is 10.6 Å². The standard InChI is InChI=1S/C20H20ClFN4S/c1-12-6-4-5-7-15(12)11-26-14(3)19(13(2)25-26)24-20(27)23-16-8-9-18(22)17(21)10-16/h4-10H,11H2,1-3H3,(H2,23,24,27). The van der Waals surface area contributed by atoms with E-state index in [4.69, 9.17) is 23.8 Å². The quantitative estimate of drug-likeness (QED) is 0.569. The third-order valence-corrected chi connectivity index (χ3v) is 4.87. The molecule has 0 radical (unpaired) electrons. The molecular weight excluding hydrogens is 383 g/mol. The number of benzene rings is 2. The minimum absolute atomic E-state index is 0.0428. The van der Waals surface area contributed by atoms with Crippen LogP contribution in [0.5, 0.6) is 0 Å². The van der Waals surface area contributed by atoms with Gasteiger partial charge in [0.25, 0.3) is 0 Å². The Bertz CT molecular complexity index is 1000. The maximum Gasteiger partial charge on any atom is 0.175 e. The normalized spacial score (nSPS) is 10.7. The summed E-state index contributed by atoms with van der Waals surface area (Å²) < 4.78 is 15.2. The Kier molecular flexibility index (Phi) is 5.77. The second-order valence-corrected chi connectivity index (χ2v) is 7.15. The summed E-state index contributed by atoms with van der Waals surface area (Å²) in [7, 11) is 0. The van der Waals surface area contributed by atoms with E-state index in [-0.39, 0.29) is 5.02 Å². The van der Waals surface area contributed by atoms with Gasteiger partial charge in [0.05, 0.1) is 28.6 Å². The molecule has 0 aliphatic rings. The van der Waals surface area contributed by atoms with Crippen molar-refractivity contribution >= 4 is 40.3 Å². The Morgan fingerprint density at radius 3 is 2.59 bits per heavy atom. The first-order chi connectivity index (χ1) is 12.8. The molecule has 0 amide bonds. The van der Waals surface area contributed by atoms with Gasteiger partial charge in [0, 0.05) is 5.69 Å². The summed E-state index contributed by atoms with van der Waals surface area (Å²) in [6, 6.07) is 12.6. The van der Waals surface area contributed by atoms with Crippen molar-refractivity contribution in [1.82, 2.24) is 9.78 Å². The second-order valence-electron chi connectivity index (χ2n) is 6.34. The van der Waals surface area contributed by atoms with Crippen LogP contribution in [0.2, 0.25) is 5.02 Å². The van der Waals surface area contributed by atoms with Gasteiger partial charge in [-0.3, -0.25) is 4.68 Å². The van der Waals surface area contributed by atoms with Crippen molar-refractivity contribution in [2.24, 2.45) is 0 Å². The first-order valence-corrected chi connectivity index (χ1v) is 9.25. The molecule has 0 saturated carbocycles. The SMILES string of the molecule is Cc1ccccc1Cn1nc(C)c(NC(=S)Nc2ccc(F)c(Cl)c2)c1C. The molecule has 27 heavy (non-hydrogen) atoms. The number of nitrogens with one attached hydrogen (secondary N) is 2. The molecule has 0 bridgehead atoms. The average molecular weight is 403 g/mol. The van der Waals surface area contributed by atoms with Crippen molar-refractivity contribution in [3.05, 3.63) is 75.8 Å². The van der Waals surface area contributed by atoms with Crippen LogP contribution in [-0.2, 0) is 6.54 Å². The van der Waals surface area contributed by atoms with Crippen molar-refractivity contribution < 1.29 is 4.39 Å². The Morgan fingerprint density at radius 1 is 1.15 bits per heavy atom. The monoisotopic (exact) mass is 402 g/mol. The van der Waals surface area contributed by atoms with Crippen LogP contribution >= 0.6 is 23.8 Å². The Labute approximate surface area is 168 Å². The minimum atomic E-state index is -0.467. The van der Waals surface area contributed by atoms with E-state index in [9.17, 15) is 4.39 Å². The fraction of sp³-hybridized carbons (Fsp3) is 0.200. The van der Waals surface area contributed by atoms with E-state index in [1.807, 2.05) is 30.7 Å². The number of aromatic nitrogens is 2. The van der Waals surface area contributed by atoms with E-state index in [1.165, 1.54) is 23.3 Å². The molecule has 0 atom stereocenters. The van der Waals surface area contributed by atoms with E-state index in [0.29, 0.717) is 17.3 Å². The third kappa shape index (κ3) is 4.46. The molecule has 0 fully saturated rings. The largest absolute Gasteiger partial charge is 0.332 e. The topological polar surface area (TPSA) is 41.9 Å². The molecule has 4 nitrogen and oxygen atoms in total. The van der Waals surface area contributed by atoms with Crippen LogP contribution in [0.15, 0.2) is 42.5 Å². The maximum atomic E-state index is 13.3. The van der Waals surface area contributed by atoms with Crippen molar-refractivity contribution in [2.45, 2.75) is 27.3 Å². The molecule has 1 heterocycles. The molecule has 2 aromatic carbocycles. The lowest BCUT2D eigenvalue weighted by atomic mass is 10.1. The zero-order valence-corrected chi connectivity index (χ0v) is 16.9. The number of thiocarbonyl (C=S) groups is 1. The van der Waals surface area contributed by atoms with Crippen LogP contribution in [0.1, 0.15) is 22.5 Å². The number of nitrogens with zero attached hydrogens (tertiary/aromatic N) is 2. The molecule has 3 rings (SSSR count). The lowest BCUT2D eigenvalue weighted by Crippen LogP contribution is -2.20. The summed E-state index contributed by atoms with van der Waals surface area (Å²) in [6.45, 7) is 6.71. The minimum Gasteiger partial charge on any atom is -0.332 e. The first-order valence-electron chi connectivity index (χ1n) is 8.46. The Balaban J connectivity index is 1.75. The van der Waals surface area contributed by atoms with Gasteiger partial charge in [-0.2, -0.15) is 5.10 Å². The van der Waals surface area contributed by atoms with E-state index >= 15 is 0 Å². The number of aryl methyl sites for hydroxylation is 2. The summed E-state index contributed by atoms with van der Waals surface area (Å²) in [6.07, 6.45) is 0. The molecule has 140 valence electrons. The second kappa shape index (κ2) is 8.06. The van der Waals surface area contributed by atoms with Gasteiger partial charge in [-0.05, 0) is 62.3 Å². The molecular formula is C20H20ClFN4S. The van der Waals surface area contributed by atoms with Gasteiger partial charge in [-0.25, -0.2) is 4.39 Å². The van der Waals surface area contributed by atoms with Crippen LogP contribution in [0.25, 0.3) is 0 Å². The zero-order valence-electron chi connectivity index (χ0n) is 15.3. The highest BCUT2D eigenvalue weighted by molar-refractivity contribution is 7.80. The van der Waals surface area contributed by atoms with E-state index < -0.39 is 5.82 Å². The van der Waals surface area contributed by atoms with Crippen LogP contribution in [-0.4, -0.2) is 14.9 Å². The van der Waals surface area contributed by atoms with Crippen LogP contribution in [0.4, 0.5) is 15.8 Å². The fourth-order valence-electron chi connectivity index (χ4n) is 2.83. The molecule has 3 aromatic rings. The van der Waals surface area contributed by atoms with E-state index in [2.05, 4.69) is 34.8 Å². The van der Waals surface area contributed by atoms with Gasteiger partial charge >= 0.3 is 0 Å². The van der Waals surface area contributed by atoms with Crippen LogP contribution < -0.4 is 10.6 Å². The Hall–Kier alpha value is -2.44. The average Bonchev–Trinajstić information content (AvgIpc) is 2.88. The van der Waals surface area contributed by atoms with Crippen molar-refractivity contribution in [3.63, 3.8) is 0 Å². The third-order valence-electron chi connectivity index (χ3n) is 4.38. The number of hydrogen-bond donors (Lipinski definition) is 2. The molecule has 0 saturated heterocycles. The molecule has 0 unspecified atom stereocenters. The van der Waals surface area contributed by atoms with Gasteiger partial charge in [-0.15, -0.1) is 0 Å². The molecule has 7 heteroatoms. The van der Waals surface area contributed by atoms with Crippen LogP contribution in [0.3, 0.4) is 0 Å². The van der Waals surface area contributed by atoms with Crippen molar-refractivity contribution in [3.8, 4) is 0 Å². The number of hydrogen-bond acceptors (Lipinski definition) is 2. The van der Waals surface area contributed by atoms with Gasteiger partial charge in [-0.1, -0.05) is 35.9 Å². The number of anilines is 2. The first kappa shape index (κ1) is 19.3. The van der Waals surface area contributed by atoms with Gasteiger partial charge in [0.15, 0.2) is 5.11 Å². The highest BCUT2D eigenvalue weighted by Crippen LogP contribution is 2.23. The number of halogens is 2. The summed E-state index contributed by atoms with van der Waals surface area (Å²) in [5.41, 5.74) is 5.75. The lowest BCUT2D eigenvalue weighted by molar-refractivity contribution is 0.628. The molecule has 1 aromatic heterocycles. The van der Waals surface area contributed by atoms with Gasteiger partial charge in [0.1, 0.15) is 5.82 Å².